The molecule has 1 saturated heterocycles. The second-order valence-corrected chi connectivity index (χ2v) is 8.82. The Bertz CT molecular complexity index is 1180. The summed E-state index contributed by atoms with van der Waals surface area (Å²) in [6.07, 6.45) is 7.54. The molecular weight excluding hydrogens is 422 g/mol. The van der Waals surface area contributed by atoms with Crippen molar-refractivity contribution in [3.8, 4) is 0 Å². The van der Waals surface area contributed by atoms with Crippen LogP contribution < -0.4 is 5.32 Å². The number of aromatic carboxylic acids is 1. The number of hydrogen-bond donors (Lipinski definition) is 2. The third-order valence-electron chi connectivity index (χ3n) is 6.49. The summed E-state index contributed by atoms with van der Waals surface area (Å²) in [6, 6.07) is 5.63. The van der Waals surface area contributed by atoms with Gasteiger partial charge in [0.05, 0.1) is 6.54 Å². The Hall–Kier alpha value is -3.53. The van der Waals surface area contributed by atoms with Gasteiger partial charge < -0.3 is 19.9 Å². The van der Waals surface area contributed by atoms with Crippen molar-refractivity contribution in [3.05, 3.63) is 41.9 Å². The Kier molecular flexibility index (Phi) is 5.67. The topological polar surface area (TPSA) is 116 Å². The SMILES string of the molecule is CN1CCN(Cc2ccc(Nc3ncc4cc(C(=O)O)n(C5CCCC5)c4n3)nc2)CC1=O. The highest BCUT2D eigenvalue weighted by Gasteiger charge is 2.25. The molecule has 3 aromatic heterocycles. The quantitative estimate of drug-likeness (QED) is 0.590. The van der Waals surface area contributed by atoms with E-state index in [0.29, 0.717) is 30.5 Å². The average molecular weight is 450 g/mol. The minimum absolute atomic E-state index is 0.133. The van der Waals surface area contributed by atoms with E-state index in [4.69, 9.17) is 0 Å². The Balaban J connectivity index is 1.33. The summed E-state index contributed by atoms with van der Waals surface area (Å²) in [5, 5.41) is 13.5. The molecule has 0 spiro atoms. The van der Waals surface area contributed by atoms with Crippen molar-refractivity contribution in [2.24, 2.45) is 0 Å². The maximum atomic E-state index is 11.9. The van der Waals surface area contributed by atoms with E-state index in [1.54, 1.807) is 23.4 Å². The van der Waals surface area contributed by atoms with Crippen molar-refractivity contribution in [2.45, 2.75) is 38.3 Å². The Morgan fingerprint density at radius 3 is 2.70 bits per heavy atom. The molecule has 10 nitrogen and oxygen atoms in total. The number of piperazine rings is 1. The van der Waals surface area contributed by atoms with Gasteiger partial charge >= 0.3 is 5.97 Å². The monoisotopic (exact) mass is 449 g/mol. The Morgan fingerprint density at radius 2 is 2.00 bits per heavy atom. The van der Waals surface area contributed by atoms with Gasteiger partial charge in [0.1, 0.15) is 17.2 Å². The molecule has 0 bridgehead atoms. The second-order valence-electron chi connectivity index (χ2n) is 8.82. The number of amides is 1. The van der Waals surface area contributed by atoms with E-state index in [2.05, 4.69) is 25.2 Å². The fourth-order valence-electron chi connectivity index (χ4n) is 4.67. The smallest absolute Gasteiger partial charge is 0.352 e. The van der Waals surface area contributed by atoms with Crippen LogP contribution in [-0.2, 0) is 11.3 Å². The van der Waals surface area contributed by atoms with Crippen LogP contribution in [0.2, 0.25) is 0 Å². The average Bonchev–Trinajstić information content (AvgIpc) is 3.45. The number of carbonyl (C=O) groups is 2. The van der Waals surface area contributed by atoms with Crippen LogP contribution in [0.25, 0.3) is 11.0 Å². The van der Waals surface area contributed by atoms with Crippen LogP contribution >= 0.6 is 0 Å². The lowest BCUT2D eigenvalue weighted by atomic mass is 10.2. The first-order valence-corrected chi connectivity index (χ1v) is 11.3. The lowest BCUT2D eigenvalue weighted by Crippen LogP contribution is -2.47. The van der Waals surface area contributed by atoms with E-state index in [1.807, 2.05) is 23.7 Å². The molecule has 0 radical (unpaired) electrons. The molecule has 1 aliphatic carbocycles. The van der Waals surface area contributed by atoms with E-state index in [1.165, 1.54) is 0 Å². The molecular formula is C23H27N7O3. The van der Waals surface area contributed by atoms with Gasteiger partial charge in [-0.15, -0.1) is 0 Å². The van der Waals surface area contributed by atoms with Crippen LogP contribution in [0, 0.1) is 0 Å². The summed E-state index contributed by atoms with van der Waals surface area (Å²) in [6.45, 7) is 2.67. The summed E-state index contributed by atoms with van der Waals surface area (Å²) >= 11 is 0. The van der Waals surface area contributed by atoms with E-state index >= 15 is 0 Å². The molecule has 3 aromatic rings. The van der Waals surface area contributed by atoms with Gasteiger partial charge in [0.2, 0.25) is 11.9 Å². The van der Waals surface area contributed by atoms with Crippen LogP contribution in [0.15, 0.2) is 30.6 Å². The van der Waals surface area contributed by atoms with Gasteiger partial charge in [0, 0.05) is 50.5 Å². The molecule has 172 valence electrons. The zero-order valence-electron chi connectivity index (χ0n) is 18.6. The maximum absolute atomic E-state index is 11.9. The normalized spacial score (nSPS) is 17.7. The summed E-state index contributed by atoms with van der Waals surface area (Å²) < 4.78 is 1.85. The Morgan fingerprint density at radius 1 is 1.18 bits per heavy atom. The molecule has 1 amide bonds. The number of carboxylic acid groups (broad SMARTS) is 1. The zero-order chi connectivity index (χ0) is 22.9. The first-order chi connectivity index (χ1) is 16.0. The van der Waals surface area contributed by atoms with Gasteiger partial charge in [-0.05, 0) is 30.5 Å². The number of anilines is 2. The molecule has 2 N–H and O–H groups in total. The van der Waals surface area contributed by atoms with E-state index in [0.717, 1.165) is 49.7 Å². The standard InChI is InChI=1S/C23H27N7O3/c1-28-8-9-29(14-20(28)31)13-15-6-7-19(24-11-15)26-23-25-12-16-10-18(22(32)33)30(21(16)27-23)17-4-2-3-5-17/h6-7,10-12,17H,2-5,8-9,13-14H2,1H3,(H,32,33)(H,24,25,26,27). The number of pyridine rings is 1. The third kappa shape index (κ3) is 4.38. The van der Waals surface area contributed by atoms with Crippen molar-refractivity contribution >= 4 is 34.7 Å². The minimum Gasteiger partial charge on any atom is -0.477 e. The van der Waals surface area contributed by atoms with Gasteiger partial charge in [-0.3, -0.25) is 9.69 Å². The van der Waals surface area contributed by atoms with Crippen molar-refractivity contribution in [1.29, 1.82) is 0 Å². The van der Waals surface area contributed by atoms with Crippen LogP contribution in [0.5, 0.6) is 0 Å². The molecule has 10 heteroatoms. The van der Waals surface area contributed by atoms with E-state index in [9.17, 15) is 14.7 Å². The minimum atomic E-state index is -0.950. The van der Waals surface area contributed by atoms with Gasteiger partial charge in [0.15, 0.2) is 0 Å². The van der Waals surface area contributed by atoms with Crippen LogP contribution in [0.4, 0.5) is 11.8 Å². The molecule has 2 aliphatic rings. The van der Waals surface area contributed by atoms with Crippen molar-refractivity contribution in [2.75, 3.05) is 32.0 Å². The number of aromatic nitrogens is 4. The molecule has 1 aliphatic heterocycles. The number of likely N-dealkylation sites (N-methyl/N-ethyl adjacent to an activating group) is 1. The summed E-state index contributed by atoms with van der Waals surface area (Å²) in [5.74, 6) is 0.161. The molecule has 0 unspecified atom stereocenters. The fraction of sp³-hybridized carbons (Fsp3) is 0.435. The predicted octanol–water partition coefficient (Wildman–Crippen LogP) is 2.66. The second kappa shape index (κ2) is 8.78. The zero-order valence-corrected chi connectivity index (χ0v) is 18.6. The molecule has 0 aromatic carbocycles. The van der Waals surface area contributed by atoms with E-state index < -0.39 is 5.97 Å². The predicted molar refractivity (Wildman–Crippen MR) is 122 cm³/mol. The van der Waals surface area contributed by atoms with Gasteiger partial charge in [-0.25, -0.2) is 14.8 Å². The van der Waals surface area contributed by atoms with Gasteiger partial charge in [-0.2, -0.15) is 4.98 Å². The highest BCUT2D eigenvalue weighted by atomic mass is 16.4. The van der Waals surface area contributed by atoms with Crippen molar-refractivity contribution < 1.29 is 14.7 Å². The lowest BCUT2D eigenvalue weighted by Gasteiger charge is -2.31. The summed E-state index contributed by atoms with van der Waals surface area (Å²) in [7, 11) is 1.83. The van der Waals surface area contributed by atoms with Crippen molar-refractivity contribution in [1.82, 2.24) is 29.3 Å². The van der Waals surface area contributed by atoms with Crippen LogP contribution in [0.3, 0.4) is 0 Å². The fourth-order valence-corrected chi connectivity index (χ4v) is 4.67. The first-order valence-electron chi connectivity index (χ1n) is 11.3. The number of carbonyl (C=O) groups excluding carboxylic acids is 1. The number of carboxylic acids is 1. The summed E-state index contributed by atoms with van der Waals surface area (Å²) in [4.78, 5) is 41.0. The highest BCUT2D eigenvalue weighted by molar-refractivity contribution is 5.93. The highest BCUT2D eigenvalue weighted by Crippen LogP contribution is 2.34. The Labute approximate surface area is 191 Å². The largest absolute Gasteiger partial charge is 0.477 e. The number of hydrogen-bond acceptors (Lipinski definition) is 7. The molecule has 2 fully saturated rings. The van der Waals surface area contributed by atoms with Crippen molar-refractivity contribution in [3.63, 3.8) is 0 Å². The molecule has 33 heavy (non-hydrogen) atoms. The van der Waals surface area contributed by atoms with Gasteiger partial charge in [0.25, 0.3) is 0 Å². The molecule has 4 heterocycles. The van der Waals surface area contributed by atoms with Crippen LogP contribution in [0.1, 0.15) is 47.8 Å². The number of fused-ring (bicyclic) bond motifs is 1. The first kappa shape index (κ1) is 21.3. The molecule has 0 atom stereocenters. The third-order valence-corrected chi connectivity index (χ3v) is 6.49. The van der Waals surface area contributed by atoms with Crippen LogP contribution in [-0.4, -0.2) is 73.0 Å². The van der Waals surface area contributed by atoms with E-state index in [-0.39, 0.29) is 17.6 Å². The summed E-state index contributed by atoms with van der Waals surface area (Å²) in [5.41, 5.74) is 1.91. The number of rotatable bonds is 6. The lowest BCUT2D eigenvalue weighted by molar-refractivity contribution is -0.134. The number of nitrogens with one attached hydrogen (secondary N) is 1. The molecule has 1 saturated carbocycles. The number of nitrogens with zero attached hydrogens (tertiary/aromatic N) is 6. The maximum Gasteiger partial charge on any atom is 0.352 e. The van der Waals surface area contributed by atoms with Gasteiger partial charge in [-0.1, -0.05) is 18.9 Å². The molecule has 5 rings (SSSR count).